The molecule has 0 aliphatic carbocycles. The summed E-state index contributed by atoms with van der Waals surface area (Å²) in [4.78, 5) is 13.4. The van der Waals surface area contributed by atoms with E-state index in [0.717, 1.165) is 12.1 Å². The lowest BCUT2D eigenvalue weighted by atomic mass is 9.90. The Bertz CT molecular complexity index is 430. The number of nitrogens with one attached hydrogen (secondary N) is 1. The van der Waals surface area contributed by atoms with Gasteiger partial charge in [-0.25, -0.2) is 0 Å². The highest BCUT2D eigenvalue weighted by molar-refractivity contribution is 5.75. The number of carboxylic acids is 1. The molecule has 4 nitrogen and oxygen atoms in total. The summed E-state index contributed by atoms with van der Waals surface area (Å²) in [5, 5.41) is 11.9. The molecule has 104 valence electrons. The van der Waals surface area contributed by atoms with E-state index in [1.165, 1.54) is 24.9 Å². The van der Waals surface area contributed by atoms with Crippen LogP contribution in [0.25, 0.3) is 0 Å². The van der Waals surface area contributed by atoms with Gasteiger partial charge in [-0.1, -0.05) is 24.3 Å². The smallest absolute Gasteiger partial charge is 0.325 e. The SMILES string of the molecule is CNC(C(=O)O)c1ccc(C2CCCN(C)C2)cc1. The van der Waals surface area contributed by atoms with Gasteiger partial charge in [0.15, 0.2) is 0 Å². The molecule has 0 amide bonds. The largest absolute Gasteiger partial charge is 0.480 e. The van der Waals surface area contributed by atoms with E-state index in [2.05, 4.69) is 29.4 Å². The van der Waals surface area contributed by atoms with Gasteiger partial charge < -0.3 is 15.3 Å². The monoisotopic (exact) mass is 262 g/mol. The van der Waals surface area contributed by atoms with Crippen LogP contribution in [0.4, 0.5) is 0 Å². The first-order valence-electron chi connectivity index (χ1n) is 6.80. The van der Waals surface area contributed by atoms with E-state index < -0.39 is 12.0 Å². The molecule has 2 rings (SSSR count). The fourth-order valence-corrected chi connectivity index (χ4v) is 2.83. The van der Waals surface area contributed by atoms with Crippen LogP contribution in [0.2, 0.25) is 0 Å². The number of aliphatic carboxylic acids is 1. The lowest BCUT2D eigenvalue weighted by molar-refractivity contribution is -0.139. The van der Waals surface area contributed by atoms with Crippen LogP contribution in [0, 0.1) is 0 Å². The van der Waals surface area contributed by atoms with E-state index in [1.54, 1.807) is 7.05 Å². The highest BCUT2D eigenvalue weighted by Gasteiger charge is 2.20. The summed E-state index contributed by atoms with van der Waals surface area (Å²) >= 11 is 0. The van der Waals surface area contributed by atoms with Crippen molar-refractivity contribution in [1.29, 1.82) is 0 Å². The summed E-state index contributed by atoms with van der Waals surface area (Å²) in [6.07, 6.45) is 2.45. The third-order valence-electron chi connectivity index (χ3n) is 3.90. The van der Waals surface area contributed by atoms with Crippen LogP contribution in [-0.2, 0) is 4.79 Å². The summed E-state index contributed by atoms with van der Waals surface area (Å²) in [5.41, 5.74) is 2.12. The summed E-state index contributed by atoms with van der Waals surface area (Å²) in [7, 11) is 3.82. The van der Waals surface area contributed by atoms with Crippen molar-refractivity contribution in [3.8, 4) is 0 Å². The quantitative estimate of drug-likeness (QED) is 0.869. The Morgan fingerprint density at radius 2 is 2.11 bits per heavy atom. The van der Waals surface area contributed by atoms with E-state index >= 15 is 0 Å². The van der Waals surface area contributed by atoms with Crippen molar-refractivity contribution >= 4 is 5.97 Å². The van der Waals surface area contributed by atoms with Crippen LogP contribution in [0.5, 0.6) is 0 Å². The molecule has 2 unspecified atom stereocenters. The molecule has 1 saturated heterocycles. The summed E-state index contributed by atoms with van der Waals surface area (Å²) < 4.78 is 0. The predicted molar refractivity (Wildman–Crippen MR) is 75.4 cm³/mol. The molecule has 0 radical (unpaired) electrons. The van der Waals surface area contributed by atoms with Crippen molar-refractivity contribution in [1.82, 2.24) is 10.2 Å². The van der Waals surface area contributed by atoms with Gasteiger partial charge in [0, 0.05) is 6.54 Å². The van der Waals surface area contributed by atoms with Crippen LogP contribution in [-0.4, -0.2) is 43.2 Å². The van der Waals surface area contributed by atoms with E-state index in [9.17, 15) is 4.79 Å². The molecule has 1 aliphatic rings. The lowest BCUT2D eigenvalue weighted by Crippen LogP contribution is -2.30. The molecule has 0 aromatic heterocycles. The summed E-state index contributed by atoms with van der Waals surface area (Å²) in [6, 6.07) is 7.39. The third kappa shape index (κ3) is 3.33. The Morgan fingerprint density at radius 1 is 1.42 bits per heavy atom. The van der Waals surface area contributed by atoms with Crippen LogP contribution in [0.3, 0.4) is 0 Å². The van der Waals surface area contributed by atoms with E-state index in [-0.39, 0.29) is 0 Å². The Balaban J connectivity index is 2.11. The second-order valence-corrected chi connectivity index (χ2v) is 5.33. The predicted octanol–water partition coefficient (Wildman–Crippen LogP) is 1.84. The van der Waals surface area contributed by atoms with Crippen LogP contribution in [0.1, 0.15) is 35.9 Å². The van der Waals surface area contributed by atoms with E-state index in [1.807, 2.05) is 12.1 Å². The maximum Gasteiger partial charge on any atom is 0.325 e. The molecule has 0 spiro atoms. The average Bonchev–Trinajstić information content (AvgIpc) is 2.40. The first-order chi connectivity index (χ1) is 9.11. The summed E-state index contributed by atoms with van der Waals surface area (Å²) in [5.74, 6) is -0.265. The minimum absolute atomic E-state index is 0.575. The van der Waals surface area contributed by atoms with Crippen molar-refractivity contribution in [2.24, 2.45) is 0 Å². The number of carbonyl (C=O) groups is 1. The van der Waals surface area contributed by atoms with Crippen LogP contribution in [0.15, 0.2) is 24.3 Å². The Labute approximate surface area is 114 Å². The standard InChI is InChI=1S/C15H22N2O2/c1-16-14(15(18)19)12-7-5-11(6-8-12)13-4-3-9-17(2)10-13/h5-8,13-14,16H,3-4,9-10H2,1-2H3,(H,18,19). The summed E-state index contributed by atoms with van der Waals surface area (Å²) in [6.45, 7) is 2.27. The fraction of sp³-hybridized carbons (Fsp3) is 0.533. The van der Waals surface area contributed by atoms with Gasteiger partial charge in [-0.3, -0.25) is 4.79 Å². The Hall–Kier alpha value is -1.39. The van der Waals surface area contributed by atoms with Crippen molar-refractivity contribution < 1.29 is 9.90 Å². The molecule has 4 heteroatoms. The number of hydrogen-bond donors (Lipinski definition) is 2. The first kappa shape index (κ1) is 14.0. The van der Waals surface area contributed by atoms with Gasteiger partial charge in [0.1, 0.15) is 6.04 Å². The number of benzene rings is 1. The number of nitrogens with zero attached hydrogens (tertiary/aromatic N) is 1. The Morgan fingerprint density at radius 3 is 2.63 bits per heavy atom. The molecule has 2 atom stereocenters. The number of rotatable bonds is 4. The van der Waals surface area contributed by atoms with Gasteiger partial charge in [-0.2, -0.15) is 0 Å². The minimum Gasteiger partial charge on any atom is -0.480 e. The van der Waals surface area contributed by atoms with E-state index in [0.29, 0.717) is 5.92 Å². The zero-order chi connectivity index (χ0) is 13.8. The zero-order valence-electron chi connectivity index (χ0n) is 11.6. The second-order valence-electron chi connectivity index (χ2n) is 5.33. The van der Waals surface area contributed by atoms with Crippen LogP contribution >= 0.6 is 0 Å². The highest BCUT2D eigenvalue weighted by atomic mass is 16.4. The number of piperidine rings is 1. The zero-order valence-corrected chi connectivity index (χ0v) is 11.6. The third-order valence-corrected chi connectivity index (χ3v) is 3.90. The van der Waals surface area contributed by atoms with Gasteiger partial charge in [0.2, 0.25) is 0 Å². The molecular formula is C15H22N2O2. The molecule has 19 heavy (non-hydrogen) atoms. The van der Waals surface area contributed by atoms with Gasteiger partial charge in [0.05, 0.1) is 0 Å². The molecule has 1 heterocycles. The topological polar surface area (TPSA) is 52.6 Å². The first-order valence-corrected chi connectivity index (χ1v) is 6.80. The normalized spacial score (nSPS) is 22.1. The average molecular weight is 262 g/mol. The Kier molecular flexibility index (Phi) is 4.56. The van der Waals surface area contributed by atoms with Crippen LogP contribution < -0.4 is 5.32 Å². The highest BCUT2D eigenvalue weighted by Crippen LogP contribution is 2.27. The van der Waals surface area contributed by atoms with Crippen molar-refractivity contribution in [3.05, 3.63) is 35.4 Å². The van der Waals surface area contributed by atoms with Crippen molar-refractivity contribution in [2.45, 2.75) is 24.8 Å². The maximum atomic E-state index is 11.1. The lowest BCUT2D eigenvalue weighted by Gasteiger charge is -2.30. The molecule has 1 fully saturated rings. The fourth-order valence-electron chi connectivity index (χ4n) is 2.83. The maximum absolute atomic E-state index is 11.1. The van der Waals surface area contributed by atoms with Crippen molar-refractivity contribution in [3.63, 3.8) is 0 Å². The molecule has 1 aromatic rings. The minimum atomic E-state index is -0.840. The van der Waals surface area contributed by atoms with Crippen molar-refractivity contribution in [2.75, 3.05) is 27.2 Å². The molecular weight excluding hydrogens is 240 g/mol. The van der Waals surface area contributed by atoms with E-state index in [4.69, 9.17) is 5.11 Å². The second kappa shape index (κ2) is 6.17. The number of carboxylic acid groups (broad SMARTS) is 1. The molecule has 1 aromatic carbocycles. The number of hydrogen-bond acceptors (Lipinski definition) is 3. The molecule has 2 N–H and O–H groups in total. The molecule has 0 saturated carbocycles. The van der Waals surface area contributed by atoms with Gasteiger partial charge in [-0.05, 0) is 50.5 Å². The molecule has 0 bridgehead atoms. The number of likely N-dealkylation sites (N-methyl/N-ethyl adjacent to an activating group) is 2. The van der Waals surface area contributed by atoms with Gasteiger partial charge >= 0.3 is 5.97 Å². The molecule has 1 aliphatic heterocycles. The number of likely N-dealkylation sites (tertiary alicyclic amines) is 1. The van der Waals surface area contributed by atoms with Gasteiger partial charge in [0.25, 0.3) is 0 Å². The van der Waals surface area contributed by atoms with Gasteiger partial charge in [-0.15, -0.1) is 0 Å².